The van der Waals surface area contributed by atoms with Crippen LogP contribution in [-0.2, 0) is 6.42 Å². The summed E-state index contributed by atoms with van der Waals surface area (Å²) in [5, 5.41) is 4.11. The highest BCUT2D eigenvalue weighted by Gasteiger charge is 2.16. The van der Waals surface area contributed by atoms with Crippen LogP contribution in [0.15, 0.2) is 36.5 Å². The van der Waals surface area contributed by atoms with Gasteiger partial charge in [-0.05, 0) is 37.7 Å². The zero-order valence-corrected chi connectivity index (χ0v) is 11.8. The molecular weight excluding hydrogens is 286 g/mol. The van der Waals surface area contributed by atoms with Crippen LogP contribution in [0.25, 0.3) is 0 Å². The summed E-state index contributed by atoms with van der Waals surface area (Å²) in [6, 6.07) is 8.14. The molecule has 2 nitrogen and oxygen atoms in total. The molecule has 19 heavy (non-hydrogen) atoms. The minimum absolute atomic E-state index is 0.119. The smallest absolute Gasteiger partial charge is 0.127 e. The minimum Gasteiger partial charge on any atom is -0.311 e. The Labute approximate surface area is 121 Å². The van der Waals surface area contributed by atoms with Gasteiger partial charge in [-0.25, -0.2) is 4.39 Å². The van der Waals surface area contributed by atoms with Crippen molar-refractivity contribution in [3.63, 3.8) is 0 Å². The number of pyridine rings is 1. The van der Waals surface area contributed by atoms with Crippen LogP contribution in [0.5, 0.6) is 0 Å². The normalized spacial score (nSPS) is 12.4. The van der Waals surface area contributed by atoms with Crippen LogP contribution >= 0.6 is 23.2 Å². The Bertz CT molecular complexity index is 538. The number of hydrogen-bond acceptors (Lipinski definition) is 2. The maximum Gasteiger partial charge on any atom is 0.127 e. The monoisotopic (exact) mass is 298 g/mol. The molecule has 0 radical (unpaired) electrons. The van der Waals surface area contributed by atoms with E-state index in [0.29, 0.717) is 22.0 Å². The third kappa shape index (κ3) is 3.44. The Morgan fingerprint density at radius 2 is 2.05 bits per heavy atom. The number of halogens is 3. The van der Waals surface area contributed by atoms with Gasteiger partial charge in [0.15, 0.2) is 0 Å². The predicted octanol–water partition coefficient (Wildman–Crippen LogP) is 4.03. The van der Waals surface area contributed by atoms with E-state index >= 15 is 0 Å². The number of nitrogens with zero attached hydrogens (tertiary/aromatic N) is 1. The van der Waals surface area contributed by atoms with Gasteiger partial charge in [-0.1, -0.05) is 29.3 Å². The van der Waals surface area contributed by atoms with Crippen LogP contribution in [0.4, 0.5) is 4.39 Å². The summed E-state index contributed by atoms with van der Waals surface area (Å²) in [4.78, 5) is 4.24. The van der Waals surface area contributed by atoms with Crippen LogP contribution in [0, 0.1) is 5.82 Å². The summed E-state index contributed by atoms with van der Waals surface area (Å²) in [6.07, 6.45) is 2.00. The average Bonchev–Trinajstić information content (AvgIpc) is 2.40. The van der Waals surface area contributed by atoms with Crippen molar-refractivity contribution in [1.29, 1.82) is 0 Å². The van der Waals surface area contributed by atoms with Gasteiger partial charge in [0, 0.05) is 16.8 Å². The molecule has 1 N–H and O–H groups in total. The van der Waals surface area contributed by atoms with Crippen molar-refractivity contribution in [3.8, 4) is 0 Å². The Morgan fingerprint density at radius 3 is 2.63 bits per heavy atom. The predicted molar refractivity (Wildman–Crippen MR) is 76.2 cm³/mol. The van der Waals surface area contributed by atoms with Crippen molar-refractivity contribution >= 4 is 23.2 Å². The van der Waals surface area contributed by atoms with Crippen LogP contribution in [-0.4, -0.2) is 12.0 Å². The summed E-state index contributed by atoms with van der Waals surface area (Å²) in [5.74, 6) is -0.304. The van der Waals surface area contributed by atoms with E-state index in [4.69, 9.17) is 23.2 Å². The van der Waals surface area contributed by atoms with Gasteiger partial charge in [0.25, 0.3) is 0 Å². The third-order valence-corrected chi connectivity index (χ3v) is 3.50. The molecule has 2 aromatic rings. The highest BCUT2D eigenvalue weighted by molar-refractivity contribution is 6.31. The van der Waals surface area contributed by atoms with Crippen LogP contribution < -0.4 is 5.32 Å². The van der Waals surface area contributed by atoms with Gasteiger partial charge < -0.3 is 5.32 Å². The fraction of sp³-hybridized carbons (Fsp3) is 0.214. The molecule has 1 atom stereocenters. The number of hydrogen-bond donors (Lipinski definition) is 1. The van der Waals surface area contributed by atoms with Gasteiger partial charge in [-0.2, -0.15) is 0 Å². The first-order chi connectivity index (χ1) is 9.11. The molecule has 0 aliphatic rings. The van der Waals surface area contributed by atoms with Crippen LogP contribution in [0.2, 0.25) is 10.0 Å². The number of rotatable bonds is 4. The lowest BCUT2D eigenvalue weighted by Crippen LogP contribution is -2.20. The maximum absolute atomic E-state index is 13.8. The van der Waals surface area contributed by atoms with Crippen molar-refractivity contribution in [2.75, 3.05) is 7.05 Å². The molecule has 0 aliphatic carbocycles. The zero-order valence-electron chi connectivity index (χ0n) is 10.3. The van der Waals surface area contributed by atoms with Gasteiger partial charge in [0.05, 0.1) is 16.8 Å². The van der Waals surface area contributed by atoms with Gasteiger partial charge in [-0.3, -0.25) is 4.98 Å². The number of likely N-dealkylation sites (N-methyl/N-ethyl adjacent to an activating group) is 1. The molecule has 0 aliphatic heterocycles. The van der Waals surface area contributed by atoms with Crippen molar-refractivity contribution in [1.82, 2.24) is 10.3 Å². The fourth-order valence-electron chi connectivity index (χ4n) is 1.88. The van der Waals surface area contributed by atoms with Crippen LogP contribution in [0.3, 0.4) is 0 Å². The van der Waals surface area contributed by atoms with Gasteiger partial charge in [0.2, 0.25) is 0 Å². The van der Waals surface area contributed by atoms with Gasteiger partial charge >= 0.3 is 0 Å². The van der Waals surface area contributed by atoms with E-state index in [-0.39, 0.29) is 11.9 Å². The molecule has 0 saturated carbocycles. The SMILES string of the molecule is CNC(Cc1c(F)cccc1Cl)c1ccc(Cl)cn1. The third-order valence-electron chi connectivity index (χ3n) is 2.93. The van der Waals surface area contributed by atoms with E-state index < -0.39 is 0 Å². The Balaban J connectivity index is 2.26. The molecule has 5 heteroatoms. The van der Waals surface area contributed by atoms with Crippen molar-refractivity contribution in [2.24, 2.45) is 0 Å². The number of benzene rings is 1. The standard InChI is InChI=1S/C14H13Cl2FN2/c1-18-14(13-6-5-9(15)8-19-13)7-10-11(16)3-2-4-12(10)17/h2-6,8,14,18H,7H2,1H3. The summed E-state index contributed by atoms with van der Waals surface area (Å²) in [6.45, 7) is 0. The van der Waals surface area contributed by atoms with E-state index in [2.05, 4.69) is 10.3 Å². The second-order valence-corrected chi connectivity index (χ2v) is 4.99. The lowest BCUT2D eigenvalue weighted by atomic mass is 10.0. The van der Waals surface area contributed by atoms with Crippen molar-refractivity contribution < 1.29 is 4.39 Å². The molecule has 100 valence electrons. The summed E-state index contributed by atoms with van der Waals surface area (Å²) < 4.78 is 13.8. The number of nitrogens with one attached hydrogen (secondary N) is 1. The molecule has 0 spiro atoms. The Morgan fingerprint density at radius 1 is 1.26 bits per heavy atom. The summed E-state index contributed by atoms with van der Waals surface area (Å²) in [7, 11) is 1.80. The highest BCUT2D eigenvalue weighted by atomic mass is 35.5. The van der Waals surface area contributed by atoms with E-state index in [0.717, 1.165) is 5.69 Å². The van der Waals surface area contributed by atoms with E-state index in [1.54, 1.807) is 31.4 Å². The summed E-state index contributed by atoms with van der Waals surface area (Å²) in [5.41, 5.74) is 1.28. The maximum atomic E-state index is 13.8. The highest BCUT2D eigenvalue weighted by Crippen LogP contribution is 2.25. The summed E-state index contributed by atoms with van der Waals surface area (Å²) >= 11 is 11.8. The fourth-order valence-corrected chi connectivity index (χ4v) is 2.23. The van der Waals surface area contributed by atoms with E-state index in [1.165, 1.54) is 6.07 Å². The first-order valence-corrected chi connectivity index (χ1v) is 6.59. The molecule has 1 unspecified atom stereocenters. The van der Waals surface area contributed by atoms with Crippen LogP contribution in [0.1, 0.15) is 17.3 Å². The molecule has 1 aromatic heterocycles. The first kappa shape index (κ1) is 14.3. The lowest BCUT2D eigenvalue weighted by Gasteiger charge is -2.17. The number of aromatic nitrogens is 1. The largest absolute Gasteiger partial charge is 0.311 e. The van der Waals surface area contributed by atoms with Gasteiger partial charge in [-0.15, -0.1) is 0 Å². The van der Waals surface area contributed by atoms with Gasteiger partial charge in [0.1, 0.15) is 5.82 Å². The van der Waals surface area contributed by atoms with Crippen molar-refractivity contribution in [3.05, 3.63) is 63.6 Å². The van der Waals surface area contributed by atoms with E-state index in [1.807, 2.05) is 6.07 Å². The topological polar surface area (TPSA) is 24.9 Å². The first-order valence-electron chi connectivity index (χ1n) is 5.83. The quantitative estimate of drug-likeness (QED) is 0.922. The second kappa shape index (κ2) is 6.33. The second-order valence-electron chi connectivity index (χ2n) is 4.15. The molecular formula is C14H13Cl2FN2. The molecule has 0 amide bonds. The Hall–Kier alpha value is -1.16. The van der Waals surface area contributed by atoms with E-state index in [9.17, 15) is 4.39 Å². The molecule has 1 aromatic carbocycles. The molecule has 2 rings (SSSR count). The Kier molecular flexibility index (Phi) is 4.75. The minimum atomic E-state index is -0.304. The molecule has 1 heterocycles. The van der Waals surface area contributed by atoms with Crippen molar-refractivity contribution in [2.45, 2.75) is 12.5 Å². The molecule has 0 bridgehead atoms. The average molecular weight is 299 g/mol. The molecule has 0 saturated heterocycles. The zero-order chi connectivity index (χ0) is 13.8. The molecule has 0 fully saturated rings. The lowest BCUT2D eigenvalue weighted by molar-refractivity contribution is 0.545.